The lowest BCUT2D eigenvalue weighted by Gasteiger charge is -2.34. The fourth-order valence-electron chi connectivity index (χ4n) is 4.16. The number of nitrogens with one attached hydrogen (secondary N) is 1. The van der Waals surface area contributed by atoms with Crippen molar-refractivity contribution in [3.05, 3.63) is 65.5 Å². The number of ether oxygens (including phenoxy) is 1. The second-order valence-electron chi connectivity index (χ2n) is 7.15. The molecule has 0 amide bonds. The van der Waals surface area contributed by atoms with E-state index in [4.69, 9.17) is 9.15 Å². The Morgan fingerprint density at radius 3 is 3.03 bits per heavy atom. The predicted molar refractivity (Wildman–Crippen MR) is 104 cm³/mol. The van der Waals surface area contributed by atoms with E-state index >= 15 is 0 Å². The van der Waals surface area contributed by atoms with Gasteiger partial charge in [0.25, 0.3) is 0 Å². The summed E-state index contributed by atoms with van der Waals surface area (Å²) in [6, 6.07) is 8.43. The summed E-state index contributed by atoms with van der Waals surface area (Å²) in [5.74, 6) is 1.84. The average Bonchev–Trinajstić information content (AvgIpc) is 3.40. The maximum atomic E-state index is 13.2. The summed E-state index contributed by atoms with van der Waals surface area (Å²) in [4.78, 5) is 17.5. The van der Waals surface area contributed by atoms with Gasteiger partial charge >= 0.3 is 0 Å². The third-order valence-electron chi connectivity index (χ3n) is 5.41. The number of aromatic nitrogens is 3. The Morgan fingerprint density at radius 1 is 1.34 bits per heavy atom. The predicted octanol–water partition coefficient (Wildman–Crippen LogP) is 3.39. The molecule has 8 heteroatoms. The second-order valence-corrected chi connectivity index (χ2v) is 7.15. The van der Waals surface area contributed by atoms with Gasteiger partial charge in [0.15, 0.2) is 17.3 Å². The van der Waals surface area contributed by atoms with Gasteiger partial charge in [-0.15, -0.1) is 0 Å². The fraction of sp³-hybridized carbons (Fsp3) is 0.286. The molecule has 1 aliphatic carbocycles. The summed E-state index contributed by atoms with van der Waals surface area (Å²) < 4.78 is 12.8. The molecule has 3 heterocycles. The molecule has 0 saturated heterocycles. The standard InChI is InChI=1S/C21H20N4O4/c1-2-28-18-10-12(5-6-15(18)26)20-19-14(24-21-22-11-23-25(20)21)8-13(9-16(19)27)17-4-3-7-29-17/h3-7,10-11,13,20,26H,2,8-9H2,1H3,(H,22,23,24)/t13-,20-/m0/s1. The summed E-state index contributed by atoms with van der Waals surface area (Å²) in [7, 11) is 0. The number of phenols is 1. The summed E-state index contributed by atoms with van der Waals surface area (Å²) in [5, 5.41) is 17.7. The largest absolute Gasteiger partial charge is 0.504 e. The number of hydrogen-bond acceptors (Lipinski definition) is 7. The first-order valence-electron chi connectivity index (χ1n) is 9.57. The number of carbonyl (C=O) groups excluding carboxylic acids is 1. The average molecular weight is 392 g/mol. The molecule has 8 nitrogen and oxygen atoms in total. The zero-order valence-corrected chi connectivity index (χ0v) is 15.8. The highest BCUT2D eigenvalue weighted by Crippen LogP contribution is 2.44. The number of furan rings is 1. The van der Waals surface area contributed by atoms with Crippen molar-refractivity contribution in [1.29, 1.82) is 0 Å². The van der Waals surface area contributed by atoms with Crippen molar-refractivity contribution in [2.45, 2.75) is 31.7 Å². The lowest BCUT2D eigenvalue weighted by molar-refractivity contribution is -0.117. The molecule has 148 valence electrons. The number of nitrogens with zero attached hydrogens (tertiary/aromatic N) is 3. The van der Waals surface area contributed by atoms with Crippen LogP contribution >= 0.6 is 0 Å². The molecule has 29 heavy (non-hydrogen) atoms. The van der Waals surface area contributed by atoms with E-state index in [2.05, 4.69) is 15.4 Å². The van der Waals surface area contributed by atoms with E-state index in [9.17, 15) is 9.90 Å². The van der Waals surface area contributed by atoms with Crippen molar-refractivity contribution in [3.8, 4) is 11.5 Å². The van der Waals surface area contributed by atoms with Gasteiger partial charge in [-0.05, 0) is 43.2 Å². The Balaban J connectivity index is 1.61. The molecular weight excluding hydrogens is 372 g/mol. The molecule has 0 unspecified atom stereocenters. The van der Waals surface area contributed by atoms with Crippen molar-refractivity contribution < 1.29 is 19.1 Å². The first kappa shape index (κ1) is 17.5. The lowest BCUT2D eigenvalue weighted by Crippen LogP contribution is -2.33. The molecule has 5 rings (SSSR count). The summed E-state index contributed by atoms with van der Waals surface area (Å²) in [5.41, 5.74) is 2.30. The summed E-state index contributed by atoms with van der Waals surface area (Å²) >= 11 is 0. The van der Waals surface area contributed by atoms with Gasteiger partial charge in [0.05, 0.1) is 12.9 Å². The number of rotatable bonds is 4. The molecule has 1 aliphatic heterocycles. The lowest BCUT2D eigenvalue weighted by atomic mass is 9.79. The van der Waals surface area contributed by atoms with E-state index in [1.165, 1.54) is 6.33 Å². The van der Waals surface area contributed by atoms with Crippen molar-refractivity contribution >= 4 is 11.7 Å². The van der Waals surface area contributed by atoms with Crippen LogP contribution in [0.5, 0.6) is 11.5 Å². The van der Waals surface area contributed by atoms with Crippen LogP contribution in [0.4, 0.5) is 5.95 Å². The molecule has 1 aromatic carbocycles. The van der Waals surface area contributed by atoms with Crippen molar-refractivity contribution in [3.63, 3.8) is 0 Å². The number of phenolic OH excluding ortho intramolecular Hbond substituents is 1. The normalized spacial score (nSPS) is 20.8. The van der Waals surface area contributed by atoms with Crippen molar-refractivity contribution in [1.82, 2.24) is 14.8 Å². The Labute approximate surface area is 166 Å². The minimum atomic E-state index is -0.436. The van der Waals surface area contributed by atoms with Gasteiger partial charge in [-0.2, -0.15) is 10.1 Å². The van der Waals surface area contributed by atoms with Crippen molar-refractivity contribution in [2.75, 3.05) is 11.9 Å². The number of ketones is 1. The van der Waals surface area contributed by atoms with Crippen LogP contribution < -0.4 is 10.1 Å². The fourth-order valence-corrected chi connectivity index (χ4v) is 4.16. The van der Waals surface area contributed by atoms with Crippen LogP contribution in [-0.4, -0.2) is 32.3 Å². The van der Waals surface area contributed by atoms with Gasteiger partial charge in [-0.1, -0.05) is 6.07 Å². The number of aromatic hydroxyl groups is 1. The van der Waals surface area contributed by atoms with E-state index in [1.807, 2.05) is 19.1 Å². The minimum absolute atomic E-state index is 0.0160. The van der Waals surface area contributed by atoms with E-state index in [0.717, 1.165) is 17.0 Å². The Kier molecular flexibility index (Phi) is 4.12. The molecular formula is C21H20N4O4. The molecule has 2 N–H and O–H groups in total. The highest BCUT2D eigenvalue weighted by molar-refractivity contribution is 6.00. The van der Waals surface area contributed by atoms with Crippen LogP contribution in [0.1, 0.15) is 43.0 Å². The maximum Gasteiger partial charge on any atom is 0.226 e. The molecule has 0 radical (unpaired) electrons. The van der Waals surface area contributed by atoms with Crippen LogP contribution in [0.25, 0.3) is 0 Å². The molecule has 0 bridgehead atoms. The number of benzene rings is 1. The van der Waals surface area contributed by atoms with Gasteiger partial charge in [-0.25, -0.2) is 4.68 Å². The number of carbonyl (C=O) groups is 1. The van der Waals surface area contributed by atoms with Gasteiger partial charge in [-0.3, -0.25) is 4.79 Å². The van der Waals surface area contributed by atoms with E-state index in [0.29, 0.717) is 36.7 Å². The molecule has 3 aromatic rings. The molecule has 0 spiro atoms. The smallest absolute Gasteiger partial charge is 0.226 e. The molecule has 2 atom stereocenters. The molecule has 2 aromatic heterocycles. The quantitative estimate of drug-likeness (QED) is 0.701. The SMILES string of the molecule is CCOc1cc([C@H]2C3=C(C[C@H](c4ccco4)CC3=O)Nc3ncnn32)ccc1O. The van der Waals surface area contributed by atoms with Gasteiger partial charge in [0.2, 0.25) is 5.95 Å². The van der Waals surface area contributed by atoms with E-state index < -0.39 is 6.04 Å². The van der Waals surface area contributed by atoms with Crippen LogP contribution in [0.15, 0.2) is 58.6 Å². The summed E-state index contributed by atoms with van der Waals surface area (Å²) in [6.45, 7) is 2.28. The minimum Gasteiger partial charge on any atom is -0.504 e. The Bertz CT molecular complexity index is 1100. The van der Waals surface area contributed by atoms with Crippen LogP contribution in [-0.2, 0) is 4.79 Å². The number of fused-ring (bicyclic) bond motifs is 1. The van der Waals surface area contributed by atoms with Gasteiger partial charge in [0.1, 0.15) is 18.1 Å². The van der Waals surface area contributed by atoms with E-state index in [-0.39, 0.29) is 17.5 Å². The zero-order valence-electron chi connectivity index (χ0n) is 15.8. The van der Waals surface area contributed by atoms with Crippen LogP contribution in [0, 0.1) is 0 Å². The first-order valence-corrected chi connectivity index (χ1v) is 9.57. The molecule has 2 aliphatic rings. The topological polar surface area (TPSA) is 102 Å². The van der Waals surface area contributed by atoms with Gasteiger partial charge in [0, 0.05) is 23.6 Å². The third kappa shape index (κ3) is 2.88. The van der Waals surface area contributed by atoms with Crippen molar-refractivity contribution in [2.24, 2.45) is 0 Å². The van der Waals surface area contributed by atoms with Crippen LogP contribution in [0.3, 0.4) is 0 Å². The maximum absolute atomic E-state index is 13.2. The van der Waals surface area contributed by atoms with E-state index in [1.54, 1.807) is 29.1 Å². The molecule has 0 fully saturated rings. The Morgan fingerprint density at radius 2 is 2.24 bits per heavy atom. The van der Waals surface area contributed by atoms with Crippen LogP contribution in [0.2, 0.25) is 0 Å². The monoisotopic (exact) mass is 392 g/mol. The number of Topliss-reactive ketones (excluding diaryl/α,β-unsaturated/α-hetero) is 1. The Hall–Kier alpha value is -3.55. The molecule has 0 saturated carbocycles. The number of allylic oxidation sites excluding steroid dienone is 2. The first-order chi connectivity index (χ1) is 14.2. The third-order valence-corrected chi connectivity index (χ3v) is 5.41. The van der Waals surface area contributed by atoms with Gasteiger partial charge < -0.3 is 19.6 Å². The summed E-state index contributed by atoms with van der Waals surface area (Å²) in [6.07, 6.45) is 4.11. The highest BCUT2D eigenvalue weighted by atomic mass is 16.5. The zero-order chi connectivity index (χ0) is 20.0. The number of anilines is 1. The highest BCUT2D eigenvalue weighted by Gasteiger charge is 2.40. The number of hydrogen-bond donors (Lipinski definition) is 2. The second kappa shape index (κ2) is 6.80.